The Balaban J connectivity index is 2.29. The summed E-state index contributed by atoms with van der Waals surface area (Å²) in [6.45, 7) is 14.6. The van der Waals surface area contributed by atoms with Gasteiger partial charge in [-0.15, -0.1) is 0 Å². The van der Waals surface area contributed by atoms with Gasteiger partial charge in [0, 0.05) is 31.4 Å². The molecule has 1 aliphatic heterocycles. The molecule has 1 saturated heterocycles. The maximum Gasteiger partial charge on any atom is 0.0372 e. The van der Waals surface area contributed by atoms with Crippen molar-refractivity contribution in [3.05, 3.63) is 29.3 Å². The van der Waals surface area contributed by atoms with E-state index in [-0.39, 0.29) is 0 Å². The van der Waals surface area contributed by atoms with Gasteiger partial charge in [0.15, 0.2) is 0 Å². The predicted octanol–water partition coefficient (Wildman–Crippen LogP) is 3.13. The normalized spacial score (nSPS) is 23.8. The highest BCUT2D eigenvalue weighted by molar-refractivity contribution is 5.51. The minimum absolute atomic E-state index is 0.322. The molecule has 0 bridgehead atoms. The third-order valence-electron chi connectivity index (χ3n) is 3.61. The highest BCUT2D eigenvalue weighted by atomic mass is 15.2. The van der Waals surface area contributed by atoms with E-state index in [9.17, 15) is 0 Å². The Morgan fingerprint density at radius 3 is 2.39 bits per heavy atom. The van der Waals surface area contributed by atoms with Crippen LogP contribution in [0.4, 0.5) is 5.69 Å². The van der Waals surface area contributed by atoms with Gasteiger partial charge in [-0.3, -0.25) is 0 Å². The molecule has 1 N–H and O–H groups in total. The molecule has 1 atom stereocenters. The van der Waals surface area contributed by atoms with Gasteiger partial charge in [-0.25, -0.2) is 0 Å². The van der Waals surface area contributed by atoms with E-state index in [1.54, 1.807) is 0 Å². The largest absolute Gasteiger partial charge is 0.369 e. The van der Waals surface area contributed by atoms with Crippen molar-refractivity contribution in [3.63, 3.8) is 0 Å². The highest BCUT2D eigenvalue weighted by Gasteiger charge is 2.27. The molecular formula is C16H26N2. The second kappa shape index (κ2) is 4.93. The molecule has 2 rings (SSSR count). The molecule has 0 aromatic heterocycles. The fraction of sp³-hybridized carbons (Fsp3) is 0.625. The van der Waals surface area contributed by atoms with E-state index in [0.29, 0.717) is 11.5 Å². The standard InChI is InChI=1S/C16H26N2/c1-12-6-13(2)8-15(7-12)18-9-14(3)17-10-16(4,5)11-18/h6-8,14,17H,9-11H2,1-5H3. The van der Waals surface area contributed by atoms with Crippen molar-refractivity contribution in [1.29, 1.82) is 0 Å². The van der Waals surface area contributed by atoms with Crippen molar-refractivity contribution in [2.75, 3.05) is 24.5 Å². The minimum Gasteiger partial charge on any atom is -0.369 e. The summed E-state index contributed by atoms with van der Waals surface area (Å²) in [5.74, 6) is 0. The lowest BCUT2D eigenvalue weighted by molar-refractivity contribution is 0.362. The van der Waals surface area contributed by atoms with Crippen LogP contribution in [0.15, 0.2) is 18.2 Å². The molecule has 1 heterocycles. The van der Waals surface area contributed by atoms with Gasteiger partial charge in [0.05, 0.1) is 0 Å². The van der Waals surface area contributed by atoms with Gasteiger partial charge in [-0.2, -0.15) is 0 Å². The van der Waals surface area contributed by atoms with Crippen LogP contribution >= 0.6 is 0 Å². The second-order valence-electron chi connectivity index (χ2n) is 6.67. The molecule has 0 spiro atoms. The molecule has 2 heteroatoms. The highest BCUT2D eigenvalue weighted by Crippen LogP contribution is 2.26. The molecule has 0 amide bonds. The number of rotatable bonds is 1. The van der Waals surface area contributed by atoms with E-state index < -0.39 is 0 Å². The first-order valence-corrected chi connectivity index (χ1v) is 6.92. The Morgan fingerprint density at radius 1 is 1.17 bits per heavy atom. The van der Waals surface area contributed by atoms with Crippen molar-refractivity contribution >= 4 is 5.69 Å². The van der Waals surface area contributed by atoms with E-state index in [0.717, 1.165) is 19.6 Å². The van der Waals surface area contributed by atoms with Crippen LogP contribution in [0.5, 0.6) is 0 Å². The summed E-state index contributed by atoms with van der Waals surface area (Å²) >= 11 is 0. The zero-order chi connectivity index (χ0) is 13.3. The predicted molar refractivity (Wildman–Crippen MR) is 79.4 cm³/mol. The summed E-state index contributed by atoms with van der Waals surface area (Å²) in [6, 6.07) is 7.41. The average molecular weight is 246 g/mol. The molecular weight excluding hydrogens is 220 g/mol. The molecule has 0 radical (unpaired) electrons. The van der Waals surface area contributed by atoms with Crippen LogP contribution in [0.25, 0.3) is 0 Å². The molecule has 0 saturated carbocycles. The fourth-order valence-electron chi connectivity index (χ4n) is 2.81. The molecule has 0 aliphatic carbocycles. The molecule has 1 aliphatic rings. The van der Waals surface area contributed by atoms with Crippen molar-refractivity contribution in [3.8, 4) is 0 Å². The fourth-order valence-corrected chi connectivity index (χ4v) is 2.81. The summed E-state index contributed by atoms with van der Waals surface area (Å²) in [4.78, 5) is 2.53. The average Bonchev–Trinajstić information content (AvgIpc) is 2.36. The Labute approximate surface area is 111 Å². The van der Waals surface area contributed by atoms with Gasteiger partial charge < -0.3 is 10.2 Å². The molecule has 1 aromatic rings. The first kappa shape index (κ1) is 13.4. The van der Waals surface area contributed by atoms with Crippen LogP contribution in [0.3, 0.4) is 0 Å². The van der Waals surface area contributed by atoms with Gasteiger partial charge in [-0.05, 0) is 49.4 Å². The molecule has 1 aromatic carbocycles. The zero-order valence-corrected chi connectivity index (χ0v) is 12.4. The van der Waals surface area contributed by atoms with Gasteiger partial charge in [0.1, 0.15) is 0 Å². The lowest BCUT2D eigenvalue weighted by atomic mass is 9.93. The molecule has 18 heavy (non-hydrogen) atoms. The smallest absolute Gasteiger partial charge is 0.0372 e. The monoisotopic (exact) mass is 246 g/mol. The minimum atomic E-state index is 0.322. The quantitative estimate of drug-likeness (QED) is 0.819. The molecule has 1 fully saturated rings. The van der Waals surface area contributed by atoms with Crippen molar-refractivity contribution in [2.24, 2.45) is 5.41 Å². The number of benzene rings is 1. The third-order valence-corrected chi connectivity index (χ3v) is 3.61. The van der Waals surface area contributed by atoms with E-state index >= 15 is 0 Å². The van der Waals surface area contributed by atoms with Crippen molar-refractivity contribution in [2.45, 2.75) is 40.7 Å². The van der Waals surface area contributed by atoms with Gasteiger partial charge >= 0.3 is 0 Å². The van der Waals surface area contributed by atoms with Gasteiger partial charge in [-0.1, -0.05) is 19.9 Å². The van der Waals surface area contributed by atoms with Gasteiger partial charge in [0.25, 0.3) is 0 Å². The SMILES string of the molecule is Cc1cc(C)cc(N2CC(C)NCC(C)(C)C2)c1. The Morgan fingerprint density at radius 2 is 1.78 bits per heavy atom. The topological polar surface area (TPSA) is 15.3 Å². The van der Waals surface area contributed by atoms with Crippen LogP contribution in [-0.4, -0.2) is 25.7 Å². The molecule has 1 unspecified atom stereocenters. The van der Waals surface area contributed by atoms with Crippen LogP contribution in [0.2, 0.25) is 0 Å². The van der Waals surface area contributed by atoms with E-state index in [1.807, 2.05) is 0 Å². The number of nitrogens with one attached hydrogen (secondary N) is 1. The maximum atomic E-state index is 3.62. The second-order valence-corrected chi connectivity index (χ2v) is 6.67. The maximum absolute atomic E-state index is 3.62. The third kappa shape index (κ3) is 3.26. The lowest BCUT2D eigenvalue weighted by Gasteiger charge is -2.31. The number of anilines is 1. The number of nitrogens with zero attached hydrogens (tertiary/aromatic N) is 1. The van der Waals surface area contributed by atoms with E-state index in [4.69, 9.17) is 0 Å². The summed E-state index contributed by atoms with van der Waals surface area (Å²) < 4.78 is 0. The Kier molecular flexibility index (Phi) is 3.67. The van der Waals surface area contributed by atoms with E-state index in [2.05, 4.69) is 63.0 Å². The van der Waals surface area contributed by atoms with Crippen LogP contribution in [0.1, 0.15) is 31.9 Å². The Bertz CT molecular complexity index is 403. The molecule has 2 nitrogen and oxygen atoms in total. The first-order valence-electron chi connectivity index (χ1n) is 6.92. The number of hydrogen-bond donors (Lipinski definition) is 1. The number of hydrogen-bond acceptors (Lipinski definition) is 2. The summed E-state index contributed by atoms with van der Waals surface area (Å²) in [7, 11) is 0. The summed E-state index contributed by atoms with van der Waals surface area (Å²) in [6.07, 6.45) is 0. The lowest BCUT2D eigenvalue weighted by Crippen LogP contribution is -2.35. The van der Waals surface area contributed by atoms with Gasteiger partial charge in [0.2, 0.25) is 0 Å². The van der Waals surface area contributed by atoms with Crippen molar-refractivity contribution < 1.29 is 0 Å². The van der Waals surface area contributed by atoms with Crippen LogP contribution in [0, 0.1) is 19.3 Å². The van der Waals surface area contributed by atoms with Crippen LogP contribution in [-0.2, 0) is 0 Å². The summed E-state index contributed by atoms with van der Waals surface area (Å²) in [5.41, 5.74) is 4.40. The van der Waals surface area contributed by atoms with Crippen molar-refractivity contribution in [1.82, 2.24) is 5.32 Å². The zero-order valence-electron chi connectivity index (χ0n) is 12.4. The van der Waals surface area contributed by atoms with Crippen LogP contribution < -0.4 is 10.2 Å². The first-order chi connectivity index (χ1) is 8.35. The molecule has 100 valence electrons. The Hall–Kier alpha value is -1.02. The summed E-state index contributed by atoms with van der Waals surface area (Å²) in [5, 5.41) is 3.62. The number of aryl methyl sites for hydroxylation is 2. The van der Waals surface area contributed by atoms with E-state index in [1.165, 1.54) is 16.8 Å².